The lowest BCUT2D eigenvalue weighted by molar-refractivity contribution is 0.664. The number of hydrogen-bond donors (Lipinski definition) is 1. The van der Waals surface area contributed by atoms with Gasteiger partial charge in [0.25, 0.3) is 0 Å². The van der Waals surface area contributed by atoms with Crippen LogP contribution in [0.5, 0.6) is 0 Å². The van der Waals surface area contributed by atoms with E-state index >= 15 is 0 Å². The van der Waals surface area contributed by atoms with E-state index in [0.717, 1.165) is 17.9 Å². The molecule has 0 amide bonds. The Balaban J connectivity index is 2.51. The first-order chi connectivity index (χ1) is 8.00. The van der Waals surface area contributed by atoms with E-state index in [9.17, 15) is 0 Å². The summed E-state index contributed by atoms with van der Waals surface area (Å²) in [5.41, 5.74) is 9.75. The monoisotopic (exact) mass is 250 g/mol. The van der Waals surface area contributed by atoms with E-state index in [1.54, 1.807) is 0 Å². The van der Waals surface area contributed by atoms with E-state index in [-0.39, 0.29) is 6.04 Å². The van der Waals surface area contributed by atoms with Crippen LogP contribution in [0, 0.1) is 6.92 Å². The number of hydrogen-bond acceptors (Lipinski definition) is 1. The van der Waals surface area contributed by atoms with E-state index in [2.05, 4.69) is 31.5 Å². The molecular weight excluding hydrogens is 232 g/mol. The molecule has 2 N–H and O–H groups in total. The maximum atomic E-state index is 6.05. The smallest absolute Gasteiger partial charge is 0.0497 e. The molecule has 92 valence electrons. The first kappa shape index (κ1) is 12.5. The normalized spacial score (nSPS) is 13.2. The zero-order valence-electron chi connectivity index (χ0n) is 10.6. The Hall–Kier alpha value is -0.990. The lowest BCUT2D eigenvalue weighted by Gasteiger charge is -2.05. The molecule has 3 heteroatoms. The van der Waals surface area contributed by atoms with Gasteiger partial charge in [-0.3, -0.25) is 0 Å². The number of benzene rings is 1. The molecular formula is C14H19ClN2. The number of fused-ring (bicyclic) bond motifs is 1. The standard InChI is InChI=1S/C14H19ClN2/c1-9(16)4-6-12-10(2)17(3)14-8-11(15)5-7-13(12)14/h5,7-9H,4,6,16H2,1-3H3. The molecule has 1 aromatic heterocycles. The van der Waals surface area contributed by atoms with Crippen LogP contribution in [0.3, 0.4) is 0 Å². The summed E-state index contributed by atoms with van der Waals surface area (Å²) in [6, 6.07) is 6.34. The lowest BCUT2D eigenvalue weighted by Crippen LogP contribution is -2.15. The second-order valence-corrected chi connectivity index (χ2v) is 5.24. The molecule has 1 atom stereocenters. The van der Waals surface area contributed by atoms with Crippen LogP contribution >= 0.6 is 11.6 Å². The summed E-state index contributed by atoms with van der Waals surface area (Å²) in [7, 11) is 2.09. The van der Waals surface area contributed by atoms with Crippen LogP contribution in [-0.4, -0.2) is 10.6 Å². The fraction of sp³-hybridized carbons (Fsp3) is 0.429. The molecule has 2 rings (SSSR count). The highest BCUT2D eigenvalue weighted by atomic mass is 35.5. The SMILES string of the molecule is Cc1c(CCC(C)N)c2ccc(Cl)cc2n1C. The maximum Gasteiger partial charge on any atom is 0.0497 e. The summed E-state index contributed by atoms with van der Waals surface area (Å²) < 4.78 is 2.21. The minimum atomic E-state index is 0.247. The fourth-order valence-corrected chi connectivity index (χ4v) is 2.47. The third kappa shape index (κ3) is 2.33. The van der Waals surface area contributed by atoms with Gasteiger partial charge in [0.2, 0.25) is 0 Å². The van der Waals surface area contributed by atoms with Crippen molar-refractivity contribution in [2.75, 3.05) is 0 Å². The van der Waals surface area contributed by atoms with Crippen molar-refractivity contribution in [3.63, 3.8) is 0 Å². The largest absolute Gasteiger partial charge is 0.348 e. The van der Waals surface area contributed by atoms with Gasteiger partial charge in [0.15, 0.2) is 0 Å². The first-order valence-corrected chi connectivity index (χ1v) is 6.37. The molecule has 2 aromatic rings. The van der Waals surface area contributed by atoms with Crippen molar-refractivity contribution < 1.29 is 0 Å². The van der Waals surface area contributed by atoms with Gasteiger partial charge < -0.3 is 10.3 Å². The van der Waals surface area contributed by atoms with Crippen molar-refractivity contribution in [2.45, 2.75) is 32.7 Å². The number of rotatable bonds is 3. The Labute approximate surface area is 107 Å². The van der Waals surface area contributed by atoms with Gasteiger partial charge in [0.05, 0.1) is 0 Å². The lowest BCUT2D eigenvalue weighted by atomic mass is 10.0. The van der Waals surface area contributed by atoms with E-state index in [1.165, 1.54) is 22.2 Å². The second-order valence-electron chi connectivity index (χ2n) is 4.80. The van der Waals surface area contributed by atoms with Crippen LogP contribution in [-0.2, 0) is 13.5 Å². The quantitative estimate of drug-likeness (QED) is 0.889. The fourth-order valence-electron chi connectivity index (χ4n) is 2.30. The Morgan fingerprint density at radius 1 is 1.41 bits per heavy atom. The molecule has 1 heterocycles. The van der Waals surface area contributed by atoms with Gasteiger partial charge in [-0.15, -0.1) is 0 Å². The highest BCUT2D eigenvalue weighted by molar-refractivity contribution is 6.31. The van der Waals surface area contributed by atoms with Gasteiger partial charge in [-0.25, -0.2) is 0 Å². The number of aromatic nitrogens is 1. The Bertz CT molecular complexity index is 541. The minimum Gasteiger partial charge on any atom is -0.348 e. The van der Waals surface area contributed by atoms with E-state index < -0.39 is 0 Å². The molecule has 0 saturated heterocycles. The Kier molecular flexibility index (Phi) is 3.45. The van der Waals surface area contributed by atoms with E-state index in [4.69, 9.17) is 17.3 Å². The van der Waals surface area contributed by atoms with Crippen molar-refractivity contribution in [1.29, 1.82) is 0 Å². The van der Waals surface area contributed by atoms with Gasteiger partial charge in [-0.05, 0) is 44.4 Å². The molecule has 0 aliphatic carbocycles. The minimum absolute atomic E-state index is 0.247. The van der Waals surface area contributed by atoms with Crippen molar-refractivity contribution >= 4 is 22.5 Å². The zero-order valence-corrected chi connectivity index (χ0v) is 11.4. The van der Waals surface area contributed by atoms with Crippen LogP contribution in [0.1, 0.15) is 24.6 Å². The topological polar surface area (TPSA) is 30.9 Å². The molecule has 0 radical (unpaired) electrons. The van der Waals surface area contributed by atoms with Crippen molar-refractivity contribution in [2.24, 2.45) is 12.8 Å². The predicted molar refractivity (Wildman–Crippen MR) is 74.6 cm³/mol. The average molecular weight is 251 g/mol. The highest BCUT2D eigenvalue weighted by Gasteiger charge is 2.12. The number of aryl methyl sites for hydroxylation is 2. The van der Waals surface area contributed by atoms with E-state index in [1.807, 2.05) is 12.1 Å². The van der Waals surface area contributed by atoms with Gasteiger partial charge in [-0.1, -0.05) is 17.7 Å². The second kappa shape index (κ2) is 4.71. The number of nitrogens with two attached hydrogens (primary N) is 1. The van der Waals surface area contributed by atoms with Crippen molar-refractivity contribution in [1.82, 2.24) is 4.57 Å². The summed E-state index contributed by atoms with van der Waals surface area (Å²) >= 11 is 6.05. The third-order valence-electron chi connectivity index (χ3n) is 3.44. The van der Waals surface area contributed by atoms with Gasteiger partial charge in [0, 0.05) is 34.7 Å². The average Bonchev–Trinajstić information content (AvgIpc) is 2.50. The molecule has 0 aliphatic heterocycles. The molecule has 0 spiro atoms. The molecule has 1 aromatic carbocycles. The number of halogens is 1. The Morgan fingerprint density at radius 3 is 2.76 bits per heavy atom. The summed E-state index contributed by atoms with van der Waals surface area (Å²) in [5, 5.41) is 2.09. The van der Waals surface area contributed by atoms with Gasteiger partial charge in [0.1, 0.15) is 0 Å². The summed E-state index contributed by atoms with van der Waals surface area (Å²) in [4.78, 5) is 0. The molecule has 0 bridgehead atoms. The van der Waals surface area contributed by atoms with Crippen molar-refractivity contribution in [3.05, 3.63) is 34.5 Å². The summed E-state index contributed by atoms with van der Waals surface area (Å²) in [5.74, 6) is 0. The molecule has 0 fully saturated rings. The van der Waals surface area contributed by atoms with Crippen LogP contribution < -0.4 is 5.73 Å². The van der Waals surface area contributed by atoms with Crippen LogP contribution in [0.25, 0.3) is 10.9 Å². The summed E-state index contributed by atoms with van der Waals surface area (Å²) in [6.45, 7) is 4.21. The van der Waals surface area contributed by atoms with Gasteiger partial charge in [-0.2, -0.15) is 0 Å². The zero-order chi connectivity index (χ0) is 12.6. The van der Waals surface area contributed by atoms with Crippen LogP contribution in [0.15, 0.2) is 18.2 Å². The third-order valence-corrected chi connectivity index (χ3v) is 3.67. The molecule has 0 saturated carbocycles. The van der Waals surface area contributed by atoms with Crippen LogP contribution in [0.2, 0.25) is 5.02 Å². The predicted octanol–water partition coefficient (Wildman–Crippen LogP) is 3.42. The molecule has 1 unspecified atom stereocenters. The first-order valence-electron chi connectivity index (χ1n) is 5.99. The summed E-state index contributed by atoms with van der Waals surface area (Å²) in [6.07, 6.45) is 2.05. The molecule has 2 nitrogen and oxygen atoms in total. The van der Waals surface area contributed by atoms with Crippen molar-refractivity contribution in [3.8, 4) is 0 Å². The molecule has 17 heavy (non-hydrogen) atoms. The number of nitrogens with zero attached hydrogens (tertiary/aromatic N) is 1. The Morgan fingerprint density at radius 2 is 2.12 bits per heavy atom. The van der Waals surface area contributed by atoms with E-state index in [0.29, 0.717) is 0 Å². The molecule has 0 aliphatic rings. The maximum absolute atomic E-state index is 6.05. The van der Waals surface area contributed by atoms with Gasteiger partial charge >= 0.3 is 0 Å². The highest BCUT2D eigenvalue weighted by Crippen LogP contribution is 2.28. The van der Waals surface area contributed by atoms with Crippen LogP contribution in [0.4, 0.5) is 0 Å².